The SMILES string of the molecule is CC(=O)N[C@H](Cc1ccccc1F)C(=O)N[C@@H](Cc1ccc(Cl)nc1)C(N)=O. The van der Waals surface area contributed by atoms with Gasteiger partial charge >= 0.3 is 0 Å². The number of carbonyl (C=O) groups is 3. The van der Waals surface area contributed by atoms with Gasteiger partial charge in [0, 0.05) is 26.0 Å². The fourth-order valence-corrected chi connectivity index (χ4v) is 2.71. The molecule has 148 valence electrons. The summed E-state index contributed by atoms with van der Waals surface area (Å²) in [6.07, 6.45) is 1.48. The van der Waals surface area contributed by atoms with Crippen LogP contribution in [-0.4, -0.2) is 34.8 Å². The number of benzene rings is 1. The lowest BCUT2D eigenvalue weighted by atomic mass is 10.0. The Bertz CT molecular complexity index is 861. The Morgan fingerprint density at radius 2 is 1.82 bits per heavy atom. The molecular weight excluding hydrogens is 387 g/mol. The highest BCUT2D eigenvalue weighted by molar-refractivity contribution is 6.29. The fourth-order valence-electron chi connectivity index (χ4n) is 2.60. The second-order valence-electron chi connectivity index (χ2n) is 6.21. The summed E-state index contributed by atoms with van der Waals surface area (Å²) in [5.74, 6) is -2.36. The van der Waals surface area contributed by atoms with Crippen LogP contribution in [-0.2, 0) is 27.2 Å². The van der Waals surface area contributed by atoms with Gasteiger partial charge in [0.15, 0.2) is 0 Å². The molecule has 0 aliphatic rings. The molecule has 2 aromatic rings. The zero-order valence-electron chi connectivity index (χ0n) is 15.1. The molecule has 0 spiro atoms. The first-order valence-corrected chi connectivity index (χ1v) is 8.84. The number of nitrogens with one attached hydrogen (secondary N) is 2. The van der Waals surface area contributed by atoms with E-state index in [1.807, 2.05) is 0 Å². The third kappa shape index (κ3) is 6.31. The first kappa shape index (κ1) is 21.3. The second-order valence-corrected chi connectivity index (χ2v) is 6.59. The molecule has 4 N–H and O–H groups in total. The molecule has 28 heavy (non-hydrogen) atoms. The van der Waals surface area contributed by atoms with Crippen LogP contribution in [0.5, 0.6) is 0 Å². The van der Waals surface area contributed by atoms with Crippen molar-refractivity contribution in [3.63, 3.8) is 0 Å². The molecule has 1 aromatic heterocycles. The van der Waals surface area contributed by atoms with Gasteiger partial charge in [-0.2, -0.15) is 0 Å². The molecule has 0 aliphatic carbocycles. The Morgan fingerprint density at radius 1 is 1.11 bits per heavy atom. The predicted molar refractivity (Wildman–Crippen MR) is 102 cm³/mol. The molecular formula is C19H20ClFN4O3. The zero-order chi connectivity index (χ0) is 20.7. The van der Waals surface area contributed by atoms with E-state index in [9.17, 15) is 18.8 Å². The van der Waals surface area contributed by atoms with Gasteiger partial charge in [-0.05, 0) is 23.3 Å². The summed E-state index contributed by atoms with van der Waals surface area (Å²) in [6, 6.07) is 7.03. The number of nitrogens with zero attached hydrogens (tertiary/aromatic N) is 1. The first-order chi connectivity index (χ1) is 13.3. The van der Waals surface area contributed by atoms with E-state index in [-0.39, 0.29) is 18.4 Å². The minimum Gasteiger partial charge on any atom is -0.368 e. The van der Waals surface area contributed by atoms with Crippen LogP contribution in [0.1, 0.15) is 18.1 Å². The minimum atomic E-state index is -1.07. The molecule has 2 rings (SSSR count). The topological polar surface area (TPSA) is 114 Å². The fraction of sp³-hybridized carbons (Fsp3) is 0.263. The molecule has 3 amide bonds. The molecule has 0 saturated heterocycles. The minimum absolute atomic E-state index is 0.0773. The number of carbonyl (C=O) groups excluding carboxylic acids is 3. The van der Waals surface area contributed by atoms with Crippen LogP contribution in [0.15, 0.2) is 42.6 Å². The second kappa shape index (κ2) is 9.80. The van der Waals surface area contributed by atoms with Crippen molar-refractivity contribution in [3.8, 4) is 0 Å². The number of pyridine rings is 1. The summed E-state index contributed by atoms with van der Waals surface area (Å²) < 4.78 is 13.9. The molecule has 0 radical (unpaired) electrons. The molecule has 7 nitrogen and oxygen atoms in total. The van der Waals surface area contributed by atoms with E-state index >= 15 is 0 Å². The highest BCUT2D eigenvalue weighted by Gasteiger charge is 2.26. The summed E-state index contributed by atoms with van der Waals surface area (Å²) >= 11 is 5.73. The molecule has 0 bridgehead atoms. The number of amides is 3. The molecule has 0 saturated carbocycles. The van der Waals surface area contributed by atoms with Gasteiger partial charge in [-0.15, -0.1) is 0 Å². The molecule has 2 atom stereocenters. The summed E-state index contributed by atoms with van der Waals surface area (Å²) in [5, 5.41) is 5.28. The van der Waals surface area contributed by atoms with Crippen molar-refractivity contribution in [2.45, 2.75) is 31.8 Å². The van der Waals surface area contributed by atoms with Gasteiger partial charge in [-0.3, -0.25) is 14.4 Å². The average Bonchev–Trinajstić information content (AvgIpc) is 2.63. The molecule has 0 unspecified atom stereocenters. The van der Waals surface area contributed by atoms with E-state index in [1.165, 1.54) is 31.3 Å². The maximum absolute atomic E-state index is 13.9. The molecule has 0 fully saturated rings. The maximum Gasteiger partial charge on any atom is 0.243 e. The highest BCUT2D eigenvalue weighted by Crippen LogP contribution is 2.11. The number of rotatable bonds is 8. The maximum atomic E-state index is 13.9. The van der Waals surface area contributed by atoms with Crippen molar-refractivity contribution in [2.75, 3.05) is 0 Å². The quantitative estimate of drug-likeness (QED) is 0.570. The van der Waals surface area contributed by atoms with Gasteiger partial charge in [0.05, 0.1) is 0 Å². The number of hydrogen-bond donors (Lipinski definition) is 3. The van der Waals surface area contributed by atoms with Crippen LogP contribution in [0, 0.1) is 5.82 Å². The first-order valence-electron chi connectivity index (χ1n) is 8.47. The van der Waals surface area contributed by atoms with Crippen molar-refractivity contribution in [1.29, 1.82) is 0 Å². The Morgan fingerprint density at radius 3 is 2.39 bits per heavy atom. The van der Waals surface area contributed by atoms with Crippen molar-refractivity contribution < 1.29 is 18.8 Å². The van der Waals surface area contributed by atoms with Crippen LogP contribution in [0.3, 0.4) is 0 Å². The number of nitrogens with two attached hydrogens (primary N) is 1. The van der Waals surface area contributed by atoms with Crippen molar-refractivity contribution >= 4 is 29.3 Å². The average molecular weight is 407 g/mol. The van der Waals surface area contributed by atoms with Gasteiger partial charge in [-0.25, -0.2) is 9.37 Å². The summed E-state index contributed by atoms with van der Waals surface area (Å²) in [4.78, 5) is 39.8. The lowest BCUT2D eigenvalue weighted by molar-refractivity contribution is -0.130. The standard InChI is InChI=1S/C19H20ClFN4O3/c1-11(26)24-16(9-13-4-2-3-5-14(13)21)19(28)25-15(18(22)27)8-12-6-7-17(20)23-10-12/h2-7,10,15-16H,8-9H2,1H3,(H2,22,27)(H,24,26)(H,25,28)/t15-,16+/m0/s1. The predicted octanol–water partition coefficient (Wildman–Crippen LogP) is 1.13. The van der Waals surface area contributed by atoms with Crippen molar-refractivity contribution in [1.82, 2.24) is 15.6 Å². The third-order valence-corrected chi connectivity index (χ3v) is 4.19. The normalized spacial score (nSPS) is 12.7. The van der Waals surface area contributed by atoms with Crippen LogP contribution >= 0.6 is 11.6 Å². The Kier molecular flexibility index (Phi) is 7.45. The zero-order valence-corrected chi connectivity index (χ0v) is 15.9. The van der Waals surface area contributed by atoms with Gasteiger partial charge in [0.2, 0.25) is 17.7 Å². The Hall–Kier alpha value is -3.00. The Labute approximate surface area is 166 Å². The van der Waals surface area contributed by atoms with Gasteiger partial charge in [-0.1, -0.05) is 35.9 Å². The van der Waals surface area contributed by atoms with Crippen molar-refractivity contribution in [2.24, 2.45) is 5.73 Å². The van der Waals surface area contributed by atoms with Crippen LogP contribution < -0.4 is 16.4 Å². The van der Waals surface area contributed by atoms with Crippen LogP contribution in [0.2, 0.25) is 5.15 Å². The lowest BCUT2D eigenvalue weighted by Crippen LogP contribution is -2.54. The van der Waals surface area contributed by atoms with Gasteiger partial charge < -0.3 is 16.4 Å². The number of aromatic nitrogens is 1. The molecule has 1 heterocycles. The summed E-state index contributed by atoms with van der Waals surface area (Å²) in [7, 11) is 0. The molecule has 9 heteroatoms. The van der Waals surface area contributed by atoms with Crippen molar-refractivity contribution in [3.05, 3.63) is 64.7 Å². The largest absolute Gasteiger partial charge is 0.368 e. The van der Waals surface area contributed by atoms with Crippen LogP contribution in [0.4, 0.5) is 4.39 Å². The Balaban J connectivity index is 2.14. The lowest BCUT2D eigenvalue weighted by Gasteiger charge is -2.22. The van der Waals surface area contributed by atoms with E-state index < -0.39 is 35.6 Å². The van der Waals surface area contributed by atoms with Crippen LogP contribution in [0.25, 0.3) is 0 Å². The third-order valence-electron chi connectivity index (χ3n) is 3.96. The smallest absolute Gasteiger partial charge is 0.243 e. The highest BCUT2D eigenvalue weighted by atomic mass is 35.5. The summed E-state index contributed by atoms with van der Waals surface area (Å²) in [6.45, 7) is 1.24. The van der Waals surface area contributed by atoms with E-state index in [4.69, 9.17) is 17.3 Å². The van der Waals surface area contributed by atoms with E-state index in [0.717, 1.165) is 0 Å². The monoisotopic (exact) mass is 406 g/mol. The number of hydrogen-bond acceptors (Lipinski definition) is 4. The van der Waals surface area contributed by atoms with Gasteiger partial charge in [0.1, 0.15) is 23.1 Å². The number of primary amides is 1. The molecule has 1 aromatic carbocycles. The van der Waals surface area contributed by atoms with E-state index in [0.29, 0.717) is 10.7 Å². The number of halogens is 2. The van der Waals surface area contributed by atoms with E-state index in [2.05, 4.69) is 15.6 Å². The van der Waals surface area contributed by atoms with Gasteiger partial charge in [0.25, 0.3) is 0 Å². The van der Waals surface area contributed by atoms with E-state index in [1.54, 1.807) is 18.2 Å². The summed E-state index contributed by atoms with van der Waals surface area (Å²) in [5.41, 5.74) is 6.29. The molecule has 0 aliphatic heterocycles.